The van der Waals surface area contributed by atoms with Crippen molar-refractivity contribution < 1.29 is 4.79 Å². The Hall–Kier alpha value is -0.530. The summed E-state index contributed by atoms with van der Waals surface area (Å²) < 4.78 is 0. The van der Waals surface area contributed by atoms with Crippen LogP contribution in [0.3, 0.4) is 0 Å². The predicted molar refractivity (Wildman–Crippen MR) is 40.7 cm³/mol. The first-order valence-electron chi connectivity index (χ1n) is 3.87. The van der Waals surface area contributed by atoms with Gasteiger partial charge in [-0.25, -0.2) is 0 Å². The fourth-order valence-corrected chi connectivity index (χ4v) is 1.49. The minimum absolute atomic E-state index is 0.117. The smallest absolute Gasteiger partial charge is 0.249 e. The zero-order valence-electron chi connectivity index (χ0n) is 7.14. The molecule has 1 heterocycles. The van der Waals surface area contributed by atoms with Gasteiger partial charge in [0.05, 0.1) is 0 Å². The molecule has 10 heavy (non-hydrogen) atoms. The van der Waals surface area contributed by atoms with Crippen molar-refractivity contribution in [2.24, 2.45) is 0 Å². The summed E-state index contributed by atoms with van der Waals surface area (Å²) in [4.78, 5) is 13.1. The Morgan fingerprint density at radius 1 is 1.60 bits per heavy atom. The number of carbonyl (C=O) groups excluding carboxylic acids is 1. The lowest BCUT2D eigenvalue weighted by Gasteiger charge is -2.10. The number of carbonyl (C=O) groups is 1. The van der Waals surface area contributed by atoms with Crippen molar-refractivity contribution in [3.63, 3.8) is 0 Å². The number of rotatable bonds is 2. The van der Waals surface area contributed by atoms with Crippen LogP contribution in [0.1, 0.15) is 34.1 Å². The van der Waals surface area contributed by atoms with E-state index in [-0.39, 0.29) is 5.54 Å². The zero-order valence-corrected chi connectivity index (χ0v) is 7.14. The highest BCUT2D eigenvalue weighted by Crippen LogP contribution is 2.38. The third kappa shape index (κ3) is 0.746. The molecule has 0 aromatic heterocycles. The van der Waals surface area contributed by atoms with Crippen molar-refractivity contribution >= 4 is 5.91 Å². The highest BCUT2D eigenvalue weighted by atomic mass is 16.2. The van der Waals surface area contributed by atoms with Crippen molar-refractivity contribution in [1.29, 1.82) is 0 Å². The maximum atomic E-state index is 11.1. The summed E-state index contributed by atoms with van der Waals surface area (Å²) in [6.45, 7) is 8.17. The minimum Gasteiger partial charge on any atom is -0.324 e. The highest BCUT2D eigenvalue weighted by Gasteiger charge is 2.57. The van der Waals surface area contributed by atoms with E-state index in [4.69, 9.17) is 0 Å². The molecule has 1 aliphatic heterocycles. The lowest BCUT2D eigenvalue weighted by atomic mass is 10.1. The summed E-state index contributed by atoms with van der Waals surface area (Å²) in [5.41, 5.74) is -0.117. The Morgan fingerprint density at radius 2 is 2.10 bits per heavy atom. The third-order valence-electron chi connectivity index (χ3n) is 2.37. The Balaban J connectivity index is 2.64. The van der Waals surface area contributed by atoms with Gasteiger partial charge in [-0.3, -0.25) is 4.79 Å². The van der Waals surface area contributed by atoms with Gasteiger partial charge in [-0.2, -0.15) is 0 Å². The molecule has 0 aromatic carbocycles. The Labute approximate surface area is 62.2 Å². The van der Waals surface area contributed by atoms with Crippen LogP contribution in [0.15, 0.2) is 0 Å². The van der Waals surface area contributed by atoms with Crippen LogP contribution in [-0.2, 0) is 4.79 Å². The first-order valence-corrected chi connectivity index (χ1v) is 3.87. The maximum Gasteiger partial charge on any atom is 0.249 e. The molecule has 1 aliphatic rings. The molecular formula is C8H15NO. The molecule has 0 bridgehead atoms. The molecule has 0 spiro atoms. The lowest BCUT2D eigenvalue weighted by molar-refractivity contribution is -0.114. The highest BCUT2D eigenvalue weighted by molar-refractivity contribution is 6.01. The maximum absolute atomic E-state index is 11.1. The van der Waals surface area contributed by atoms with Gasteiger partial charge in [0.25, 0.3) is 0 Å². The molecule has 2 heteroatoms. The summed E-state index contributed by atoms with van der Waals surface area (Å²) >= 11 is 0. The second-order valence-electron chi connectivity index (χ2n) is 3.40. The van der Waals surface area contributed by atoms with E-state index in [0.29, 0.717) is 11.9 Å². The first-order chi connectivity index (χ1) is 4.54. The average molecular weight is 141 g/mol. The van der Waals surface area contributed by atoms with Crippen LogP contribution in [0.25, 0.3) is 0 Å². The van der Waals surface area contributed by atoms with Crippen molar-refractivity contribution in [1.82, 2.24) is 4.90 Å². The Kier molecular flexibility index (Phi) is 1.50. The topological polar surface area (TPSA) is 20.1 Å². The van der Waals surface area contributed by atoms with Crippen molar-refractivity contribution in [2.75, 3.05) is 0 Å². The molecule has 0 N–H and O–H groups in total. The van der Waals surface area contributed by atoms with E-state index in [1.165, 1.54) is 0 Å². The number of nitrogens with zero attached hydrogens (tertiary/aromatic N) is 1. The molecule has 0 radical (unpaired) electrons. The van der Waals surface area contributed by atoms with Gasteiger partial charge in [0.1, 0.15) is 5.54 Å². The molecule has 2 nitrogen and oxygen atoms in total. The standard InChI is InChI=1S/C8H15NO/c1-5-8(4)7(10)9(8)6(2)3/h6H,5H2,1-4H3. The SMILES string of the molecule is CCC1(C)C(=O)N1C(C)C. The van der Waals surface area contributed by atoms with Crippen LogP contribution in [0.4, 0.5) is 0 Å². The summed E-state index contributed by atoms with van der Waals surface area (Å²) in [6.07, 6.45) is 0.935. The van der Waals surface area contributed by atoms with E-state index < -0.39 is 0 Å². The summed E-state index contributed by atoms with van der Waals surface area (Å²) in [7, 11) is 0. The molecule has 58 valence electrons. The molecular weight excluding hydrogens is 126 g/mol. The van der Waals surface area contributed by atoms with Gasteiger partial charge in [0, 0.05) is 6.04 Å². The number of hydrogen-bond donors (Lipinski definition) is 0. The number of hydrogen-bond acceptors (Lipinski definition) is 1. The van der Waals surface area contributed by atoms with Crippen LogP contribution >= 0.6 is 0 Å². The predicted octanol–water partition coefficient (Wildman–Crippen LogP) is 1.41. The zero-order chi connectivity index (χ0) is 7.94. The Bertz CT molecular complexity index is 165. The summed E-state index contributed by atoms with van der Waals surface area (Å²) in [5, 5.41) is 0. The van der Waals surface area contributed by atoms with Crippen molar-refractivity contribution in [3.8, 4) is 0 Å². The van der Waals surface area contributed by atoms with E-state index >= 15 is 0 Å². The lowest BCUT2D eigenvalue weighted by Crippen LogP contribution is -2.18. The summed E-state index contributed by atoms with van der Waals surface area (Å²) in [5.74, 6) is 0.310. The second-order valence-corrected chi connectivity index (χ2v) is 3.40. The van der Waals surface area contributed by atoms with Gasteiger partial charge in [0.2, 0.25) is 5.91 Å². The normalized spacial score (nSPS) is 31.7. The molecule has 0 saturated carbocycles. The van der Waals surface area contributed by atoms with Gasteiger partial charge < -0.3 is 4.90 Å². The van der Waals surface area contributed by atoms with E-state index in [1.54, 1.807) is 0 Å². The van der Waals surface area contributed by atoms with E-state index in [1.807, 2.05) is 11.8 Å². The largest absolute Gasteiger partial charge is 0.324 e. The van der Waals surface area contributed by atoms with Gasteiger partial charge in [-0.05, 0) is 27.2 Å². The second kappa shape index (κ2) is 1.97. The third-order valence-corrected chi connectivity index (χ3v) is 2.37. The average Bonchev–Trinajstić information content (AvgIpc) is 2.38. The van der Waals surface area contributed by atoms with Crippen LogP contribution in [-0.4, -0.2) is 22.4 Å². The van der Waals surface area contributed by atoms with Crippen LogP contribution < -0.4 is 0 Å². The molecule has 1 unspecified atom stereocenters. The van der Waals surface area contributed by atoms with E-state index in [0.717, 1.165) is 6.42 Å². The van der Waals surface area contributed by atoms with Crippen LogP contribution in [0.2, 0.25) is 0 Å². The van der Waals surface area contributed by atoms with E-state index in [2.05, 4.69) is 20.8 Å². The molecule has 1 fully saturated rings. The van der Waals surface area contributed by atoms with Crippen LogP contribution in [0.5, 0.6) is 0 Å². The van der Waals surface area contributed by atoms with E-state index in [9.17, 15) is 4.79 Å². The fraction of sp³-hybridized carbons (Fsp3) is 0.875. The van der Waals surface area contributed by atoms with Crippen molar-refractivity contribution in [3.05, 3.63) is 0 Å². The van der Waals surface area contributed by atoms with Crippen molar-refractivity contribution in [2.45, 2.75) is 45.7 Å². The molecule has 1 atom stereocenters. The molecule has 0 aromatic rings. The monoisotopic (exact) mass is 141 g/mol. The van der Waals surface area contributed by atoms with Gasteiger partial charge >= 0.3 is 0 Å². The molecule has 1 rings (SSSR count). The number of amides is 1. The first kappa shape index (κ1) is 7.58. The minimum atomic E-state index is -0.117. The van der Waals surface area contributed by atoms with Crippen LogP contribution in [0, 0.1) is 0 Å². The molecule has 0 aliphatic carbocycles. The van der Waals surface area contributed by atoms with Gasteiger partial charge in [-0.1, -0.05) is 6.92 Å². The Morgan fingerprint density at radius 3 is 2.20 bits per heavy atom. The van der Waals surface area contributed by atoms with Gasteiger partial charge in [-0.15, -0.1) is 0 Å². The fourth-order valence-electron chi connectivity index (χ4n) is 1.49. The summed E-state index contributed by atoms with van der Waals surface area (Å²) in [6, 6.07) is 0.373. The molecule has 1 amide bonds. The molecule has 1 saturated heterocycles. The van der Waals surface area contributed by atoms with Gasteiger partial charge in [0.15, 0.2) is 0 Å². The quantitative estimate of drug-likeness (QED) is 0.532.